The van der Waals surface area contributed by atoms with Gasteiger partial charge >= 0.3 is 0 Å². The third-order valence-electron chi connectivity index (χ3n) is 7.36. The van der Waals surface area contributed by atoms with Crippen molar-refractivity contribution in [3.8, 4) is 11.1 Å². The number of benzene rings is 2. The minimum Gasteiger partial charge on any atom is -0.0908 e. The van der Waals surface area contributed by atoms with Gasteiger partial charge in [-0.3, -0.25) is 0 Å². The molecule has 4 rings (SSSR count). The van der Waals surface area contributed by atoms with Gasteiger partial charge in [0.25, 0.3) is 0 Å². The van der Waals surface area contributed by atoms with Crippen molar-refractivity contribution in [2.24, 2.45) is 11.8 Å². The molecule has 2 aromatic rings. The maximum Gasteiger partial charge on any atom is 0.0406 e. The molecule has 0 unspecified atom stereocenters. The first-order chi connectivity index (χ1) is 13.7. The highest BCUT2D eigenvalue weighted by atomic mass is 35.5. The summed E-state index contributed by atoms with van der Waals surface area (Å²) in [5, 5.41) is 0.794. The minimum atomic E-state index is 0.235. The van der Waals surface area contributed by atoms with Crippen molar-refractivity contribution in [3.05, 3.63) is 71.3 Å². The van der Waals surface area contributed by atoms with E-state index in [4.69, 9.17) is 11.6 Å². The molecule has 148 valence electrons. The molecule has 0 spiro atoms. The molecule has 0 atom stereocenters. The van der Waals surface area contributed by atoms with E-state index in [1.54, 1.807) is 0 Å². The molecule has 2 saturated carbocycles. The predicted molar refractivity (Wildman–Crippen MR) is 122 cm³/mol. The lowest BCUT2D eigenvalue weighted by molar-refractivity contribution is 0.166. The third-order valence-corrected chi connectivity index (χ3v) is 7.61. The Morgan fingerprint density at radius 2 is 1.29 bits per heavy atom. The average Bonchev–Trinajstić information content (AvgIpc) is 2.76. The van der Waals surface area contributed by atoms with Crippen molar-refractivity contribution in [2.75, 3.05) is 0 Å². The predicted octanol–water partition coefficient (Wildman–Crippen LogP) is 8.59. The molecule has 0 N–H and O–H groups in total. The zero-order valence-electron chi connectivity index (χ0n) is 17.2. The van der Waals surface area contributed by atoms with Gasteiger partial charge < -0.3 is 0 Å². The SMILES string of the molecule is CC=CC1(c2ccc(-c3ccc(Cl)cc3)cc2)CCC(C2CCCCC2)CC1. The summed E-state index contributed by atoms with van der Waals surface area (Å²) in [5.74, 6) is 1.97. The second-order valence-electron chi connectivity index (χ2n) is 8.98. The van der Waals surface area contributed by atoms with Crippen LogP contribution in [0.4, 0.5) is 0 Å². The summed E-state index contributed by atoms with van der Waals surface area (Å²) >= 11 is 6.04. The van der Waals surface area contributed by atoms with Gasteiger partial charge in [-0.2, -0.15) is 0 Å². The third kappa shape index (κ3) is 4.23. The quantitative estimate of drug-likeness (QED) is 0.457. The highest BCUT2D eigenvalue weighted by Crippen LogP contribution is 2.47. The lowest BCUT2D eigenvalue weighted by atomic mass is 9.62. The van der Waals surface area contributed by atoms with Gasteiger partial charge in [0.05, 0.1) is 0 Å². The molecule has 0 aromatic heterocycles. The summed E-state index contributed by atoms with van der Waals surface area (Å²) in [7, 11) is 0. The highest BCUT2D eigenvalue weighted by Gasteiger charge is 2.37. The van der Waals surface area contributed by atoms with Gasteiger partial charge in [-0.25, -0.2) is 0 Å². The van der Waals surface area contributed by atoms with Gasteiger partial charge in [0, 0.05) is 10.4 Å². The van der Waals surface area contributed by atoms with Crippen LogP contribution in [0, 0.1) is 11.8 Å². The molecule has 2 aliphatic carbocycles. The van der Waals surface area contributed by atoms with Crippen LogP contribution in [-0.4, -0.2) is 0 Å². The van der Waals surface area contributed by atoms with E-state index < -0.39 is 0 Å². The first-order valence-corrected chi connectivity index (χ1v) is 11.6. The van der Waals surface area contributed by atoms with E-state index in [1.165, 1.54) is 74.5 Å². The Kier molecular flexibility index (Phi) is 6.26. The Bertz CT molecular complexity index is 770. The standard InChI is InChI=1S/C27H33Cl/c1-2-18-27(19-16-24(17-20-27)21-6-4-3-5-7-21)25-12-8-22(9-13-25)23-10-14-26(28)15-11-23/h2,8-15,18,21,24H,3-7,16-17,19-20H2,1H3. The fourth-order valence-corrected chi connectivity index (χ4v) is 5.87. The van der Waals surface area contributed by atoms with Crippen LogP contribution in [0.5, 0.6) is 0 Å². The summed E-state index contributed by atoms with van der Waals surface area (Å²) in [6.07, 6.45) is 17.5. The molecule has 2 aromatic carbocycles. The number of allylic oxidation sites excluding steroid dienone is 2. The van der Waals surface area contributed by atoms with Crippen LogP contribution in [0.15, 0.2) is 60.7 Å². The Hall–Kier alpha value is -1.53. The lowest BCUT2D eigenvalue weighted by Gasteiger charge is -2.42. The van der Waals surface area contributed by atoms with Crippen LogP contribution in [0.2, 0.25) is 5.02 Å². The first kappa shape index (κ1) is 19.8. The molecule has 1 heteroatoms. The number of rotatable bonds is 4. The summed E-state index contributed by atoms with van der Waals surface area (Å²) < 4.78 is 0. The Labute approximate surface area is 176 Å². The monoisotopic (exact) mass is 392 g/mol. The van der Waals surface area contributed by atoms with Crippen LogP contribution in [-0.2, 0) is 5.41 Å². The molecule has 28 heavy (non-hydrogen) atoms. The smallest absolute Gasteiger partial charge is 0.0406 e. The van der Waals surface area contributed by atoms with Crippen LogP contribution in [0.25, 0.3) is 11.1 Å². The first-order valence-electron chi connectivity index (χ1n) is 11.2. The molecule has 0 saturated heterocycles. The van der Waals surface area contributed by atoms with Crippen LogP contribution in [0.3, 0.4) is 0 Å². The van der Waals surface area contributed by atoms with Crippen molar-refractivity contribution in [1.82, 2.24) is 0 Å². The molecular formula is C27H33Cl. The van der Waals surface area contributed by atoms with Gasteiger partial charge in [-0.05, 0) is 73.3 Å². The van der Waals surface area contributed by atoms with Gasteiger partial charge in [0.2, 0.25) is 0 Å². The molecule has 0 radical (unpaired) electrons. The zero-order chi connectivity index (χ0) is 19.4. The molecule has 0 nitrogen and oxygen atoms in total. The minimum absolute atomic E-state index is 0.235. The van der Waals surface area contributed by atoms with Gasteiger partial charge in [0.1, 0.15) is 0 Å². The molecule has 2 aliphatic rings. The van der Waals surface area contributed by atoms with Crippen molar-refractivity contribution in [3.63, 3.8) is 0 Å². The molecule has 2 fully saturated rings. The summed E-state index contributed by atoms with van der Waals surface area (Å²) in [4.78, 5) is 0. The van der Waals surface area contributed by atoms with E-state index >= 15 is 0 Å². The van der Waals surface area contributed by atoms with E-state index in [0.717, 1.165) is 16.9 Å². The Balaban J connectivity index is 1.51. The van der Waals surface area contributed by atoms with Crippen molar-refractivity contribution >= 4 is 11.6 Å². The highest BCUT2D eigenvalue weighted by molar-refractivity contribution is 6.30. The van der Waals surface area contributed by atoms with Crippen LogP contribution < -0.4 is 0 Å². The van der Waals surface area contributed by atoms with E-state index in [0.29, 0.717) is 0 Å². The van der Waals surface area contributed by atoms with Crippen LogP contribution in [0.1, 0.15) is 70.3 Å². The number of hydrogen-bond donors (Lipinski definition) is 0. The molecule has 0 amide bonds. The lowest BCUT2D eigenvalue weighted by Crippen LogP contribution is -2.33. The molecule has 0 bridgehead atoms. The maximum atomic E-state index is 6.04. The van der Waals surface area contributed by atoms with Gasteiger partial charge in [-0.1, -0.05) is 92.3 Å². The van der Waals surface area contributed by atoms with Crippen molar-refractivity contribution in [2.45, 2.75) is 70.1 Å². The molecule has 0 heterocycles. The maximum absolute atomic E-state index is 6.04. The fraction of sp³-hybridized carbons (Fsp3) is 0.481. The van der Waals surface area contributed by atoms with E-state index in [-0.39, 0.29) is 5.41 Å². The zero-order valence-corrected chi connectivity index (χ0v) is 17.9. The van der Waals surface area contributed by atoms with Gasteiger partial charge in [-0.15, -0.1) is 0 Å². The second-order valence-corrected chi connectivity index (χ2v) is 9.41. The average molecular weight is 393 g/mol. The van der Waals surface area contributed by atoms with E-state index in [1.807, 2.05) is 12.1 Å². The van der Waals surface area contributed by atoms with Crippen molar-refractivity contribution < 1.29 is 0 Å². The fourth-order valence-electron chi connectivity index (χ4n) is 5.74. The van der Waals surface area contributed by atoms with E-state index in [2.05, 4.69) is 55.5 Å². The summed E-state index contributed by atoms with van der Waals surface area (Å²) in [6, 6.07) is 17.5. The largest absolute Gasteiger partial charge is 0.0908 e. The number of hydrogen-bond acceptors (Lipinski definition) is 0. The Morgan fingerprint density at radius 1 is 0.750 bits per heavy atom. The normalized spacial score (nSPS) is 26.6. The molecular weight excluding hydrogens is 360 g/mol. The summed E-state index contributed by atoms with van der Waals surface area (Å²) in [6.45, 7) is 2.18. The van der Waals surface area contributed by atoms with E-state index in [9.17, 15) is 0 Å². The summed E-state index contributed by atoms with van der Waals surface area (Å²) in [5.41, 5.74) is 4.23. The number of halogens is 1. The van der Waals surface area contributed by atoms with Crippen molar-refractivity contribution in [1.29, 1.82) is 0 Å². The van der Waals surface area contributed by atoms with Crippen LogP contribution >= 0.6 is 11.6 Å². The Morgan fingerprint density at radius 3 is 1.86 bits per heavy atom. The van der Waals surface area contributed by atoms with Gasteiger partial charge in [0.15, 0.2) is 0 Å². The molecule has 0 aliphatic heterocycles. The topological polar surface area (TPSA) is 0 Å². The second kappa shape index (κ2) is 8.87.